The van der Waals surface area contributed by atoms with Crippen LogP contribution in [0.15, 0.2) is 30.5 Å². The van der Waals surface area contributed by atoms with E-state index in [2.05, 4.69) is 4.98 Å². The number of esters is 1. The molecule has 0 spiro atoms. The molecule has 0 aliphatic carbocycles. The minimum atomic E-state index is -0.597. The first-order valence-corrected chi connectivity index (χ1v) is 6.46. The third-order valence-electron chi connectivity index (χ3n) is 3.04. The van der Waals surface area contributed by atoms with Crippen LogP contribution in [0.2, 0.25) is 0 Å². The van der Waals surface area contributed by atoms with Gasteiger partial charge in [0.25, 0.3) is 0 Å². The molecule has 1 atom stereocenters. The largest absolute Gasteiger partial charge is 0.425 e. The number of ether oxygens (including phenoxy) is 1. The third-order valence-corrected chi connectivity index (χ3v) is 3.04. The Labute approximate surface area is 111 Å². The van der Waals surface area contributed by atoms with Gasteiger partial charge < -0.3 is 21.2 Å². The summed E-state index contributed by atoms with van der Waals surface area (Å²) in [6.07, 6.45) is 4.11. The van der Waals surface area contributed by atoms with Crippen molar-refractivity contribution in [1.29, 1.82) is 0 Å². The smallest absolute Gasteiger partial charge is 0.328 e. The van der Waals surface area contributed by atoms with Crippen LogP contribution in [-0.2, 0) is 4.79 Å². The highest BCUT2D eigenvalue weighted by molar-refractivity contribution is 5.89. The van der Waals surface area contributed by atoms with Gasteiger partial charge in [-0.2, -0.15) is 0 Å². The van der Waals surface area contributed by atoms with Crippen LogP contribution in [0.1, 0.15) is 19.3 Å². The lowest BCUT2D eigenvalue weighted by Gasteiger charge is -2.11. The molecule has 5 N–H and O–H groups in total. The van der Waals surface area contributed by atoms with E-state index in [4.69, 9.17) is 16.2 Å². The maximum atomic E-state index is 11.9. The summed E-state index contributed by atoms with van der Waals surface area (Å²) >= 11 is 0. The van der Waals surface area contributed by atoms with E-state index in [9.17, 15) is 4.79 Å². The molecule has 19 heavy (non-hydrogen) atoms. The van der Waals surface area contributed by atoms with Crippen LogP contribution in [0.5, 0.6) is 5.75 Å². The number of aromatic nitrogens is 1. The Morgan fingerprint density at radius 3 is 2.95 bits per heavy atom. The average molecular weight is 261 g/mol. The SMILES string of the molecule is NCCCC[C@H](N)C(=O)Oc1cccc2[nH]ccc12. The van der Waals surface area contributed by atoms with Crippen LogP contribution in [0.4, 0.5) is 0 Å². The standard InChI is InChI=1S/C14H19N3O2/c15-8-2-1-4-11(16)14(18)19-13-6-3-5-12-10(13)7-9-17-12/h3,5-7,9,11,17H,1-2,4,8,15-16H2/t11-/m0/s1. The van der Waals surface area contributed by atoms with Crippen molar-refractivity contribution in [2.75, 3.05) is 6.54 Å². The summed E-state index contributed by atoms with van der Waals surface area (Å²) in [5.41, 5.74) is 12.1. The molecule has 0 bridgehead atoms. The molecule has 0 unspecified atom stereocenters. The number of H-pyrrole nitrogens is 1. The number of benzene rings is 1. The van der Waals surface area contributed by atoms with Crippen LogP contribution in [-0.4, -0.2) is 23.5 Å². The number of unbranched alkanes of at least 4 members (excludes halogenated alkanes) is 1. The van der Waals surface area contributed by atoms with Crippen molar-refractivity contribution in [3.63, 3.8) is 0 Å². The highest BCUT2D eigenvalue weighted by Gasteiger charge is 2.16. The number of carbonyl (C=O) groups excluding carboxylic acids is 1. The van der Waals surface area contributed by atoms with Gasteiger partial charge in [0.15, 0.2) is 0 Å². The van der Waals surface area contributed by atoms with E-state index in [-0.39, 0.29) is 0 Å². The maximum Gasteiger partial charge on any atom is 0.328 e. The van der Waals surface area contributed by atoms with Crippen molar-refractivity contribution in [3.8, 4) is 5.75 Å². The number of rotatable bonds is 6. The van der Waals surface area contributed by atoms with Crippen molar-refractivity contribution in [3.05, 3.63) is 30.5 Å². The van der Waals surface area contributed by atoms with E-state index in [0.29, 0.717) is 18.7 Å². The Hall–Kier alpha value is -1.85. The zero-order valence-corrected chi connectivity index (χ0v) is 10.8. The molecule has 2 aromatic rings. The van der Waals surface area contributed by atoms with Crippen LogP contribution in [0, 0.1) is 0 Å². The van der Waals surface area contributed by atoms with Gasteiger partial charge >= 0.3 is 5.97 Å². The lowest BCUT2D eigenvalue weighted by atomic mass is 10.1. The molecule has 0 fully saturated rings. The maximum absolute atomic E-state index is 11.9. The van der Waals surface area contributed by atoms with Gasteiger partial charge in [-0.1, -0.05) is 12.5 Å². The second-order valence-corrected chi connectivity index (χ2v) is 4.51. The Morgan fingerprint density at radius 2 is 2.16 bits per heavy atom. The Kier molecular flexibility index (Phi) is 4.54. The number of fused-ring (bicyclic) bond motifs is 1. The van der Waals surface area contributed by atoms with Crippen molar-refractivity contribution in [2.45, 2.75) is 25.3 Å². The fourth-order valence-electron chi connectivity index (χ4n) is 1.96. The Bertz CT molecular complexity index is 550. The van der Waals surface area contributed by atoms with E-state index in [0.717, 1.165) is 23.7 Å². The van der Waals surface area contributed by atoms with E-state index < -0.39 is 12.0 Å². The predicted octanol–water partition coefficient (Wildman–Crippen LogP) is 1.53. The lowest BCUT2D eigenvalue weighted by molar-refractivity contribution is -0.135. The number of hydrogen-bond donors (Lipinski definition) is 3. The van der Waals surface area contributed by atoms with Crippen molar-refractivity contribution in [2.24, 2.45) is 11.5 Å². The van der Waals surface area contributed by atoms with Gasteiger partial charge in [-0.15, -0.1) is 0 Å². The highest BCUT2D eigenvalue weighted by atomic mass is 16.5. The number of aromatic amines is 1. The van der Waals surface area contributed by atoms with Crippen LogP contribution >= 0.6 is 0 Å². The molecule has 0 saturated heterocycles. The topological polar surface area (TPSA) is 94.1 Å². The summed E-state index contributed by atoms with van der Waals surface area (Å²) < 4.78 is 5.36. The van der Waals surface area contributed by atoms with E-state index in [1.165, 1.54) is 0 Å². The van der Waals surface area contributed by atoms with Gasteiger partial charge in [0.05, 0.1) is 0 Å². The van der Waals surface area contributed by atoms with E-state index >= 15 is 0 Å². The van der Waals surface area contributed by atoms with E-state index in [1.54, 1.807) is 6.07 Å². The second kappa shape index (κ2) is 6.36. The van der Waals surface area contributed by atoms with Crippen LogP contribution in [0.3, 0.4) is 0 Å². The van der Waals surface area contributed by atoms with Gasteiger partial charge in [-0.3, -0.25) is 0 Å². The average Bonchev–Trinajstić information content (AvgIpc) is 2.88. The molecular weight excluding hydrogens is 242 g/mol. The van der Waals surface area contributed by atoms with Gasteiger partial charge in [-0.25, -0.2) is 4.79 Å². The Morgan fingerprint density at radius 1 is 1.32 bits per heavy atom. The fourth-order valence-corrected chi connectivity index (χ4v) is 1.96. The lowest BCUT2D eigenvalue weighted by Crippen LogP contribution is -2.34. The zero-order valence-electron chi connectivity index (χ0n) is 10.8. The molecule has 0 aliphatic rings. The summed E-state index contributed by atoms with van der Waals surface area (Å²) in [5.74, 6) is 0.142. The molecule has 5 heteroatoms. The molecule has 0 radical (unpaired) electrons. The molecule has 0 aliphatic heterocycles. The molecular formula is C14H19N3O2. The summed E-state index contributed by atoms with van der Waals surface area (Å²) in [6, 6.07) is 6.80. The summed E-state index contributed by atoms with van der Waals surface area (Å²) in [6.45, 7) is 0.616. The highest BCUT2D eigenvalue weighted by Crippen LogP contribution is 2.24. The van der Waals surface area contributed by atoms with Gasteiger partial charge in [-0.05, 0) is 37.6 Å². The minimum absolute atomic E-state index is 0.397. The zero-order chi connectivity index (χ0) is 13.7. The number of hydrogen-bond acceptors (Lipinski definition) is 4. The quantitative estimate of drug-likeness (QED) is 0.417. The van der Waals surface area contributed by atoms with Crippen molar-refractivity contribution in [1.82, 2.24) is 4.98 Å². The molecule has 0 saturated carbocycles. The van der Waals surface area contributed by atoms with E-state index in [1.807, 2.05) is 24.4 Å². The first kappa shape index (κ1) is 13.6. The third kappa shape index (κ3) is 3.33. The summed E-state index contributed by atoms with van der Waals surface area (Å²) in [5, 5.41) is 0.880. The molecule has 5 nitrogen and oxygen atoms in total. The molecule has 1 aromatic heterocycles. The normalized spacial score (nSPS) is 12.5. The van der Waals surface area contributed by atoms with Gasteiger partial charge in [0.2, 0.25) is 0 Å². The van der Waals surface area contributed by atoms with Gasteiger partial charge in [0.1, 0.15) is 11.8 Å². The fraction of sp³-hybridized carbons (Fsp3) is 0.357. The minimum Gasteiger partial charge on any atom is -0.425 e. The second-order valence-electron chi connectivity index (χ2n) is 4.51. The molecule has 1 aromatic carbocycles. The summed E-state index contributed by atoms with van der Waals surface area (Å²) in [4.78, 5) is 15.0. The number of carbonyl (C=O) groups is 1. The molecule has 102 valence electrons. The number of nitrogens with one attached hydrogen (secondary N) is 1. The number of nitrogens with two attached hydrogens (primary N) is 2. The van der Waals surface area contributed by atoms with Crippen molar-refractivity contribution >= 4 is 16.9 Å². The van der Waals surface area contributed by atoms with Gasteiger partial charge in [0, 0.05) is 17.1 Å². The molecule has 2 rings (SSSR count). The monoisotopic (exact) mass is 261 g/mol. The Balaban J connectivity index is 2.00. The van der Waals surface area contributed by atoms with Crippen molar-refractivity contribution < 1.29 is 9.53 Å². The molecule has 1 heterocycles. The molecule has 0 amide bonds. The first-order chi connectivity index (χ1) is 9.22. The van der Waals surface area contributed by atoms with Crippen LogP contribution in [0.25, 0.3) is 10.9 Å². The predicted molar refractivity (Wildman–Crippen MR) is 74.8 cm³/mol. The first-order valence-electron chi connectivity index (χ1n) is 6.46. The summed E-state index contributed by atoms with van der Waals surface area (Å²) in [7, 11) is 0. The van der Waals surface area contributed by atoms with Crippen LogP contribution < -0.4 is 16.2 Å².